The Hall–Kier alpha value is -2.14. The maximum atomic E-state index is 10.4. The number of hydrogen-bond acceptors (Lipinski definition) is 3. The summed E-state index contributed by atoms with van der Waals surface area (Å²) in [6.07, 6.45) is 3.72. The molecule has 0 aliphatic rings. The molecule has 0 saturated heterocycles. The standard InChI is InChI=1S/C15H18N4O/c1-3-19-12(8-11(2)17-19)9-14(20)13-10-18-7-5-4-6-15(18)16-13/h4-8,10,14,20H,3,9H2,1-2H3. The van der Waals surface area contributed by atoms with Crippen molar-refractivity contribution in [1.82, 2.24) is 19.2 Å². The second kappa shape index (κ2) is 5.09. The molecule has 104 valence electrons. The van der Waals surface area contributed by atoms with Gasteiger partial charge >= 0.3 is 0 Å². The molecule has 1 atom stereocenters. The maximum Gasteiger partial charge on any atom is 0.137 e. The third kappa shape index (κ3) is 2.32. The zero-order valence-electron chi connectivity index (χ0n) is 11.7. The molecule has 0 aliphatic carbocycles. The summed E-state index contributed by atoms with van der Waals surface area (Å²) in [7, 11) is 0. The monoisotopic (exact) mass is 270 g/mol. The minimum absolute atomic E-state index is 0.526. The number of nitrogens with zero attached hydrogens (tertiary/aromatic N) is 4. The Morgan fingerprint density at radius 1 is 1.35 bits per heavy atom. The number of rotatable bonds is 4. The molecule has 0 radical (unpaired) electrons. The number of aromatic nitrogens is 4. The highest BCUT2D eigenvalue weighted by atomic mass is 16.3. The maximum absolute atomic E-state index is 10.4. The number of aliphatic hydroxyl groups excluding tert-OH is 1. The van der Waals surface area contributed by atoms with Crippen molar-refractivity contribution < 1.29 is 5.11 Å². The summed E-state index contributed by atoms with van der Waals surface area (Å²) in [5.41, 5.74) is 3.55. The van der Waals surface area contributed by atoms with Crippen LogP contribution in [0.25, 0.3) is 5.65 Å². The van der Waals surface area contributed by atoms with Crippen molar-refractivity contribution in [3.8, 4) is 0 Å². The normalized spacial score (nSPS) is 12.9. The predicted octanol–water partition coefficient (Wildman–Crippen LogP) is 2.14. The fraction of sp³-hybridized carbons (Fsp3) is 0.333. The lowest BCUT2D eigenvalue weighted by Gasteiger charge is -2.08. The van der Waals surface area contributed by atoms with E-state index in [9.17, 15) is 5.11 Å². The largest absolute Gasteiger partial charge is 0.386 e. The fourth-order valence-electron chi connectivity index (χ4n) is 2.45. The lowest BCUT2D eigenvalue weighted by atomic mass is 10.1. The van der Waals surface area contributed by atoms with Crippen molar-refractivity contribution in [1.29, 1.82) is 0 Å². The molecule has 0 aromatic carbocycles. The van der Waals surface area contributed by atoms with Crippen LogP contribution in [0.3, 0.4) is 0 Å². The van der Waals surface area contributed by atoms with Crippen molar-refractivity contribution in [3.05, 3.63) is 53.7 Å². The number of aryl methyl sites for hydroxylation is 2. The van der Waals surface area contributed by atoms with Gasteiger partial charge in [0, 0.05) is 31.1 Å². The van der Waals surface area contributed by atoms with Gasteiger partial charge in [0.2, 0.25) is 0 Å². The van der Waals surface area contributed by atoms with E-state index in [0.717, 1.165) is 23.6 Å². The van der Waals surface area contributed by atoms with E-state index in [1.54, 1.807) is 0 Å². The van der Waals surface area contributed by atoms with E-state index < -0.39 is 6.10 Å². The number of hydrogen-bond donors (Lipinski definition) is 1. The molecule has 3 aromatic heterocycles. The van der Waals surface area contributed by atoms with Gasteiger partial charge in [0.25, 0.3) is 0 Å². The second-order valence-corrected chi connectivity index (χ2v) is 4.94. The van der Waals surface area contributed by atoms with Crippen LogP contribution in [-0.4, -0.2) is 24.3 Å². The van der Waals surface area contributed by atoms with Crippen LogP contribution in [0, 0.1) is 6.92 Å². The Labute approximate surface area is 117 Å². The van der Waals surface area contributed by atoms with Crippen molar-refractivity contribution in [2.75, 3.05) is 0 Å². The molecular weight excluding hydrogens is 252 g/mol. The van der Waals surface area contributed by atoms with Crippen molar-refractivity contribution in [3.63, 3.8) is 0 Å². The Kier molecular flexibility index (Phi) is 3.28. The summed E-state index contributed by atoms with van der Waals surface area (Å²) >= 11 is 0. The molecule has 3 aromatic rings. The topological polar surface area (TPSA) is 55.3 Å². The van der Waals surface area contributed by atoms with Crippen molar-refractivity contribution in [2.45, 2.75) is 32.9 Å². The molecule has 20 heavy (non-hydrogen) atoms. The SMILES string of the molecule is CCn1nc(C)cc1CC(O)c1cn2ccccc2n1. The van der Waals surface area contributed by atoms with E-state index in [2.05, 4.69) is 10.1 Å². The molecule has 0 amide bonds. The zero-order valence-corrected chi connectivity index (χ0v) is 11.7. The lowest BCUT2D eigenvalue weighted by molar-refractivity contribution is 0.171. The summed E-state index contributed by atoms with van der Waals surface area (Å²) in [5, 5.41) is 14.8. The summed E-state index contributed by atoms with van der Waals surface area (Å²) in [6.45, 7) is 4.82. The van der Waals surface area contributed by atoms with Crippen LogP contribution in [0.1, 0.15) is 30.1 Å². The van der Waals surface area contributed by atoms with Gasteiger partial charge in [-0.05, 0) is 32.0 Å². The first-order valence-corrected chi connectivity index (χ1v) is 6.82. The van der Waals surface area contributed by atoms with Gasteiger partial charge < -0.3 is 9.51 Å². The number of aliphatic hydroxyl groups is 1. The smallest absolute Gasteiger partial charge is 0.137 e. The summed E-state index contributed by atoms with van der Waals surface area (Å²) in [6, 6.07) is 7.83. The predicted molar refractivity (Wildman–Crippen MR) is 76.5 cm³/mol. The Morgan fingerprint density at radius 2 is 2.20 bits per heavy atom. The Bertz CT molecular complexity index is 695. The highest BCUT2D eigenvalue weighted by Gasteiger charge is 2.15. The van der Waals surface area contributed by atoms with E-state index in [4.69, 9.17) is 0 Å². The minimum atomic E-state index is -0.615. The molecule has 3 heterocycles. The van der Waals surface area contributed by atoms with Gasteiger partial charge in [-0.3, -0.25) is 4.68 Å². The van der Waals surface area contributed by atoms with Crippen LogP contribution < -0.4 is 0 Å². The molecule has 0 bridgehead atoms. The van der Waals surface area contributed by atoms with Crippen molar-refractivity contribution in [2.24, 2.45) is 0 Å². The number of pyridine rings is 1. The van der Waals surface area contributed by atoms with E-state index in [-0.39, 0.29) is 0 Å². The molecule has 3 rings (SSSR count). The van der Waals surface area contributed by atoms with E-state index in [1.165, 1.54) is 0 Å². The lowest BCUT2D eigenvalue weighted by Crippen LogP contribution is -2.08. The summed E-state index contributed by atoms with van der Waals surface area (Å²) in [5.74, 6) is 0. The first-order chi connectivity index (χ1) is 9.67. The van der Waals surface area contributed by atoms with E-state index in [1.807, 2.05) is 59.6 Å². The van der Waals surface area contributed by atoms with Crippen LogP contribution in [0.15, 0.2) is 36.7 Å². The van der Waals surface area contributed by atoms with Crippen LogP contribution >= 0.6 is 0 Å². The van der Waals surface area contributed by atoms with Gasteiger partial charge in [0.1, 0.15) is 11.8 Å². The molecule has 1 unspecified atom stereocenters. The van der Waals surface area contributed by atoms with Gasteiger partial charge in [-0.15, -0.1) is 0 Å². The quantitative estimate of drug-likeness (QED) is 0.790. The third-order valence-electron chi connectivity index (χ3n) is 3.41. The van der Waals surface area contributed by atoms with Crippen molar-refractivity contribution >= 4 is 5.65 Å². The van der Waals surface area contributed by atoms with Gasteiger partial charge in [-0.25, -0.2) is 4.98 Å². The highest BCUT2D eigenvalue weighted by molar-refractivity contribution is 5.39. The second-order valence-electron chi connectivity index (χ2n) is 4.94. The number of fused-ring (bicyclic) bond motifs is 1. The first kappa shape index (κ1) is 12.9. The van der Waals surface area contributed by atoms with Gasteiger partial charge in [-0.2, -0.15) is 5.10 Å². The molecule has 0 spiro atoms. The molecule has 5 heteroatoms. The van der Waals surface area contributed by atoms with Gasteiger partial charge in [-0.1, -0.05) is 6.07 Å². The van der Waals surface area contributed by atoms with Gasteiger partial charge in [0.15, 0.2) is 0 Å². The highest BCUT2D eigenvalue weighted by Crippen LogP contribution is 2.19. The number of imidazole rings is 1. The summed E-state index contributed by atoms with van der Waals surface area (Å²) < 4.78 is 3.84. The van der Waals surface area contributed by atoms with Crippen LogP contribution in [0.4, 0.5) is 0 Å². The van der Waals surface area contributed by atoms with Gasteiger partial charge in [0.05, 0.1) is 11.4 Å². The van der Waals surface area contributed by atoms with Crippen LogP contribution in [0.2, 0.25) is 0 Å². The molecule has 0 aliphatic heterocycles. The molecule has 0 fully saturated rings. The average molecular weight is 270 g/mol. The van der Waals surface area contributed by atoms with E-state index >= 15 is 0 Å². The molecular formula is C15H18N4O. The van der Waals surface area contributed by atoms with Crippen LogP contribution in [-0.2, 0) is 13.0 Å². The van der Waals surface area contributed by atoms with Crippen LogP contribution in [0.5, 0.6) is 0 Å². The molecule has 1 N–H and O–H groups in total. The molecule has 5 nitrogen and oxygen atoms in total. The Morgan fingerprint density at radius 3 is 2.95 bits per heavy atom. The zero-order chi connectivity index (χ0) is 14.1. The van der Waals surface area contributed by atoms with E-state index in [0.29, 0.717) is 12.1 Å². The third-order valence-corrected chi connectivity index (χ3v) is 3.41. The fourth-order valence-corrected chi connectivity index (χ4v) is 2.45. The minimum Gasteiger partial charge on any atom is -0.386 e. The Balaban J connectivity index is 1.86. The average Bonchev–Trinajstić information content (AvgIpc) is 3.01. The molecule has 0 saturated carbocycles. The first-order valence-electron chi connectivity index (χ1n) is 6.82. The summed E-state index contributed by atoms with van der Waals surface area (Å²) in [4.78, 5) is 4.45.